The smallest absolute Gasteiger partial charge is 0.242 e. The Hall–Kier alpha value is -0.140. The second kappa shape index (κ2) is 6.10. The van der Waals surface area contributed by atoms with E-state index in [0.29, 0.717) is 30.2 Å². The monoisotopic (exact) mass is 367 g/mol. The minimum atomic E-state index is -3.62. The van der Waals surface area contributed by atoms with Crippen molar-refractivity contribution in [2.75, 3.05) is 0 Å². The molecule has 19 heavy (non-hydrogen) atoms. The van der Waals surface area contributed by atoms with Crippen molar-refractivity contribution in [1.82, 2.24) is 4.72 Å². The maximum atomic E-state index is 12.3. The van der Waals surface area contributed by atoms with E-state index in [2.05, 4.69) is 20.7 Å². The highest BCUT2D eigenvalue weighted by Gasteiger charge is 2.26. The molecule has 0 atom stereocenters. The topological polar surface area (TPSA) is 66.4 Å². The lowest BCUT2D eigenvalue weighted by atomic mass is 9.94. The van der Waals surface area contributed by atoms with Crippen molar-refractivity contribution in [3.63, 3.8) is 0 Å². The molecule has 7 heteroatoms. The van der Waals surface area contributed by atoms with Crippen LogP contribution >= 0.6 is 27.5 Å². The largest absolute Gasteiger partial charge is 0.393 e. The number of hydrogen-bond acceptors (Lipinski definition) is 3. The van der Waals surface area contributed by atoms with Gasteiger partial charge in [0.2, 0.25) is 10.0 Å². The van der Waals surface area contributed by atoms with Crippen LogP contribution in [0.15, 0.2) is 27.6 Å². The van der Waals surface area contributed by atoms with Gasteiger partial charge < -0.3 is 5.11 Å². The number of benzene rings is 1. The summed E-state index contributed by atoms with van der Waals surface area (Å²) in [5.74, 6) is 0. The van der Waals surface area contributed by atoms with Crippen LogP contribution in [0.2, 0.25) is 5.02 Å². The molecule has 0 aromatic heterocycles. The van der Waals surface area contributed by atoms with Crippen molar-refractivity contribution < 1.29 is 13.5 Å². The molecule has 2 rings (SSSR count). The minimum absolute atomic E-state index is 0.0784. The van der Waals surface area contributed by atoms with Crippen molar-refractivity contribution in [3.05, 3.63) is 27.7 Å². The first kappa shape index (κ1) is 15.3. The maximum Gasteiger partial charge on any atom is 0.242 e. The summed E-state index contributed by atoms with van der Waals surface area (Å²) < 4.78 is 27.9. The lowest BCUT2D eigenvalue weighted by Gasteiger charge is -2.26. The van der Waals surface area contributed by atoms with Crippen LogP contribution in [0.3, 0.4) is 0 Å². The number of halogens is 2. The van der Waals surface area contributed by atoms with Gasteiger partial charge in [0, 0.05) is 10.5 Å². The van der Waals surface area contributed by atoms with Gasteiger partial charge in [-0.3, -0.25) is 0 Å². The molecule has 0 amide bonds. The molecule has 1 fully saturated rings. The molecule has 1 aromatic carbocycles. The van der Waals surface area contributed by atoms with E-state index in [-0.39, 0.29) is 22.1 Å². The average molecular weight is 369 g/mol. The highest BCUT2D eigenvalue weighted by atomic mass is 79.9. The number of rotatable bonds is 3. The lowest BCUT2D eigenvalue weighted by Crippen LogP contribution is -2.38. The minimum Gasteiger partial charge on any atom is -0.393 e. The zero-order valence-corrected chi connectivity index (χ0v) is 13.3. The van der Waals surface area contributed by atoms with Crippen LogP contribution in [0.4, 0.5) is 0 Å². The summed E-state index contributed by atoms with van der Waals surface area (Å²) in [6, 6.07) is 4.59. The second-order valence-corrected chi connectivity index (χ2v) is 7.71. The Morgan fingerprint density at radius 2 is 1.89 bits per heavy atom. The Bertz CT molecular complexity index is 556. The molecule has 1 aromatic rings. The third kappa shape index (κ3) is 3.92. The van der Waals surface area contributed by atoms with Crippen LogP contribution in [-0.2, 0) is 10.0 Å². The highest BCUT2D eigenvalue weighted by Crippen LogP contribution is 2.27. The van der Waals surface area contributed by atoms with Crippen molar-refractivity contribution in [3.8, 4) is 0 Å². The highest BCUT2D eigenvalue weighted by molar-refractivity contribution is 9.10. The molecule has 0 unspecified atom stereocenters. The van der Waals surface area contributed by atoms with Crippen molar-refractivity contribution >= 4 is 37.6 Å². The SMILES string of the molecule is O=S(=O)(N[C@H]1CC[C@@H](O)CC1)c1cc(Br)ccc1Cl. The molecular formula is C12H15BrClNO3S. The summed E-state index contributed by atoms with van der Waals surface area (Å²) in [4.78, 5) is 0.0784. The number of aliphatic hydroxyl groups is 1. The van der Waals surface area contributed by atoms with Crippen molar-refractivity contribution in [2.45, 2.75) is 42.7 Å². The van der Waals surface area contributed by atoms with E-state index in [1.807, 2.05) is 0 Å². The van der Waals surface area contributed by atoms with Gasteiger partial charge in [-0.05, 0) is 43.9 Å². The molecule has 106 valence electrons. The van der Waals surface area contributed by atoms with Gasteiger partial charge >= 0.3 is 0 Å². The molecule has 2 N–H and O–H groups in total. The van der Waals surface area contributed by atoms with Crippen LogP contribution in [0.1, 0.15) is 25.7 Å². The number of hydrogen-bond donors (Lipinski definition) is 2. The predicted octanol–water partition coefficient (Wildman–Crippen LogP) is 2.68. The Morgan fingerprint density at radius 1 is 1.26 bits per heavy atom. The Balaban J connectivity index is 2.16. The first-order valence-electron chi connectivity index (χ1n) is 6.04. The van der Waals surface area contributed by atoms with Gasteiger partial charge in [0.1, 0.15) is 4.90 Å². The normalized spacial score (nSPS) is 24.4. The zero-order valence-electron chi connectivity index (χ0n) is 10.1. The Morgan fingerprint density at radius 3 is 2.53 bits per heavy atom. The molecule has 4 nitrogen and oxygen atoms in total. The second-order valence-electron chi connectivity index (χ2n) is 4.70. The fourth-order valence-electron chi connectivity index (χ4n) is 2.16. The van der Waals surface area contributed by atoms with Gasteiger partial charge in [-0.25, -0.2) is 13.1 Å². The maximum absolute atomic E-state index is 12.3. The van der Waals surface area contributed by atoms with Gasteiger partial charge in [-0.15, -0.1) is 0 Å². The standard InChI is InChI=1S/C12H15BrClNO3S/c13-8-1-6-11(14)12(7-8)19(17,18)15-9-2-4-10(16)5-3-9/h1,6-7,9-10,15-16H,2-5H2/t9-,10+. The van der Waals surface area contributed by atoms with E-state index in [1.165, 1.54) is 6.07 Å². The quantitative estimate of drug-likeness (QED) is 0.862. The van der Waals surface area contributed by atoms with E-state index in [0.717, 1.165) is 0 Å². The van der Waals surface area contributed by atoms with Crippen LogP contribution < -0.4 is 4.72 Å². The van der Waals surface area contributed by atoms with Crippen LogP contribution in [0.25, 0.3) is 0 Å². The summed E-state index contributed by atoms with van der Waals surface area (Å²) in [7, 11) is -3.62. The van der Waals surface area contributed by atoms with Gasteiger partial charge in [0.15, 0.2) is 0 Å². The third-order valence-corrected chi connectivity index (χ3v) is 5.70. The van der Waals surface area contributed by atoms with Crippen LogP contribution in [0.5, 0.6) is 0 Å². The Kier molecular flexibility index (Phi) is 4.89. The summed E-state index contributed by atoms with van der Waals surface area (Å²) in [6.07, 6.45) is 2.23. The molecule has 0 bridgehead atoms. The fraction of sp³-hybridized carbons (Fsp3) is 0.500. The number of sulfonamides is 1. The lowest BCUT2D eigenvalue weighted by molar-refractivity contribution is 0.120. The van der Waals surface area contributed by atoms with Crippen LogP contribution in [-0.4, -0.2) is 25.7 Å². The summed E-state index contributed by atoms with van der Waals surface area (Å²) in [5.41, 5.74) is 0. The van der Waals surface area contributed by atoms with E-state index in [4.69, 9.17) is 11.6 Å². The predicted molar refractivity (Wildman–Crippen MR) is 77.7 cm³/mol. The molecule has 0 radical (unpaired) electrons. The van der Waals surface area contributed by atoms with E-state index in [9.17, 15) is 13.5 Å². The van der Waals surface area contributed by atoms with E-state index in [1.54, 1.807) is 12.1 Å². The van der Waals surface area contributed by atoms with Gasteiger partial charge in [-0.2, -0.15) is 0 Å². The summed E-state index contributed by atoms with van der Waals surface area (Å²) >= 11 is 9.18. The van der Waals surface area contributed by atoms with Gasteiger partial charge in [-0.1, -0.05) is 27.5 Å². The molecule has 1 aliphatic rings. The van der Waals surface area contributed by atoms with Crippen LogP contribution in [0, 0.1) is 0 Å². The van der Waals surface area contributed by atoms with Gasteiger partial charge in [0.25, 0.3) is 0 Å². The molecule has 1 aliphatic carbocycles. The molecular weight excluding hydrogens is 354 g/mol. The Labute approximate surface area is 126 Å². The van der Waals surface area contributed by atoms with Gasteiger partial charge in [0.05, 0.1) is 11.1 Å². The third-order valence-electron chi connectivity index (χ3n) is 3.20. The molecule has 0 heterocycles. The van der Waals surface area contributed by atoms with Crippen molar-refractivity contribution in [2.24, 2.45) is 0 Å². The molecule has 1 saturated carbocycles. The number of aliphatic hydroxyl groups excluding tert-OH is 1. The summed E-state index contributed by atoms with van der Waals surface area (Å²) in [6.45, 7) is 0. The summed E-state index contributed by atoms with van der Waals surface area (Å²) in [5, 5.41) is 9.62. The van der Waals surface area contributed by atoms with Crippen molar-refractivity contribution in [1.29, 1.82) is 0 Å². The molecule has 0 spiro atoms. The zero-order chi connectivity index (χ0) is 14.0. The number of nitrogens with one attached hydrogen (secondary N) is 1. The van der Waals surface area contributed by atoms with E-state index >= 15 is 0 Å². The average Bonchev–Trinajstić information content (AvgIpc) is 2.35. The van der Waals surface area contributed by atoms with E-state index < -0.39 is 10.0 Å². The first-order chi connectivity index (χ1) is 8.88. The molecule has 0 aliphatic heterocycles. The fourth-order valence-corrected chi connectivity index (χ4v) is 4.50. The molecule has 0 saturated heterocycles. The first-order valence-corrected chi connectivity index (χ1v) is 8.69.